The molecule has 2 heteroatoms. The van der Waals surface area contributed by atoms with Crippen molar-refractivity contribution in [3.8, 4) is 0 Å². The standard InChI is InChI=1S/C13H16N2/c1-9-11(4-7-13(9)15)8-10-2-5-12(14)6-3-10/h2-7,9H,8,14-15H2,1H3. The summed E-state index contributed by atoms with van der Waals surface area (Å²) < 4.78 is 0. The first-order valence-corrected chi connectivity index (χ1v) is 5.17. The molecular weight excluding hydrogens is 184 g/mol. The van der Waals surface area contributed by atoms with Crippen LogP contribution in [0.5, 0.6) is 0 Å². The van der Waals surface area contributed by atoms with Crippen molar-refractivity contribution in [1.82, 2.24) is 0 Å². The van der Waals surface area contributed by atoms with Crippen LogP contribution in [0.3, 0.4) is 0 Å². The van der Waals surface area contributed by atoms with Crippen molar-refractivity contribution in [3.05, 3.63) is 53.3 Å². The molecule has 0 saturated carbocycles. The SMILES string of the molecule is CC1C(N)=CC=C1Cc1ccc(N)cc1. The number of rotatable bonds is 2. The molecule has 0 radical (unpaired) electrons. The number of allylic oxidation sites excluding steroid dienone is 3. The number of hydrogen-bond acceptors (Lipinski definition) is 2. The van der Waals surface area contributed by atoms with E-state index in [1.54, 1.807) is 0 Å². The average molecular weight is 200 g/mol. The number of nitrogen functional groups attached to an aromatic ring is 1. The zero-order chi connectivity index (χ0) is 10.8. The van der Waals surface area contributed by atoms with E-state index in [9.17, 15) is 0 Å². The summed E-state index contributed by atoms with van der Waals surface area (Å²) in [7, 11) is 0. The molecule has 4 N–H and O–H groups in total. The maximum absolute atomic E-state index is 5.84. The van der Waals surface area contributed by atoms with Crippen molar-refractivity contribution in [3.63, 3.8) is 0 Å². The van der Waals surface area contributed by atoms with Crippen LogP contribution in [-0.4, -0.2) is 0 Å². The highest BCUT2D eigenvalue weighted by Gasteiger charge is 2.15. The largest absolute Gasteiger partial charge is 0.402 e. The lowest BCUT2D eigenvalue weighted by atomic mass is 9.96. The molecule has 1 unspecified atom stereocenters. The number of benzene rings is 1. The Labute approximate surface area is 90.3 Å². The van der Waals surface area contributed by atoms with E-state index in [2.05, 4.69) is 25.1 Å². The highest BCUT2D eigenvalue weighted by atomic mass is 14.6. The lowest BCUT2D eigenvalue weighted by molar-refractivity contribution is 0.779. The third-order valence-electron chi connectivity index (χ3n) is 2.93. The van der Waals surface area contributed by atoms with Gasteiger partial charge in [0, 0.05) is 17.3 Å². The second-order valence-corrected chi connectivity index (χ2v) is 4.05. The van der Waals surface area contributed by atoms with Crippen LogP contribution in [0.1, 0.15) is 12.5 Å². The zero-order valence-electron chi connectivity index (χ0n) is 8.90. The van der Waals surface area contributed by atoms with Gasteiger partial charge in [0.25, 0.3) is 0 Å². The summed E-state index contributed by atoms with van der Waals surface area (Å²) in [5.41, 5.74) is 15.9. The van der Waals surface area contributed by atoms with Crippen molar-refractivity contribution in [1.29, 1.82) is 0 Å². The molecule has 78 valence electrons. The van der Waals surface area contributed by atoms with E-state index in [1.807, 2.05) is 18.2 Å². The smallest absolute Gasteiger partial charge is 0.0314 e. The first kappa shape index (κ1) is 9.84. The van der Waals surface area contributed by atoms with Crippen LogP contribution in [0.4, 0.5) is 5.69 Å². The molecule has 1 aromatic carbocycles. The Morgan fingerprint density at radius 1 is 1.07 bits per heavy atom. The first-order valence-electron chi connectivity index (χ1n) is 5.17. The predicted octanol–water partition coefficient (Wildman–Crippen LogP) is 2.23. The highest BCUT2D eigenvalue weighted by Crippen LogP contribution is 2.26. The van der Waals surface area contributed by atoms with E-state index in [4.69, 9.17) is 11.5 Å². The molecule has 15 heavy (non-hydrogen) atoms. The van der Waals surface area contributed by atoms with Crippen LogP contribution < -0.4 is 11.5 Å². The molecule has 0 aliphatic heterocycles. The van der Waals surface area contributed by atoms with Crippen LogP contribution in [-0.2, 0) is 6.42 Å². The van der Waals surface area contributed by atoms with Crippen molar-refractivity contribution >= 4 is 5.69 Å². The maximum Gasteiger partial charge on any atom is 0.0314 e. The molecule has 0 fully saturated rings. The van der Waals surface area contributed by atoms with Gasteiger partial charge in [-0.3, -0.25) is 0 Å². The van der Waals surface area contributed by atoms with Gasteiger partial charge in [0.2, 0.25) is 0 Å². The Morgan fingerprint density at radius 3 is 2.27 bits per heavy atom. The molecule has 0 aromatic heterocycles. The van der Waals surface area contributed by atoms with Crippen LogP contribution in [0.25, 0.3) is 0 Å². The summed E-state index contributed by atoms with van der Waals surface area (Å²) in [5.74, 6) is 0.377. The van der Waals surface area contributed by atoms with Crippen molar-refractivity contribution in [2.24, 2.45) is 11.7 Å². The Hall–Kier alpha value is -1.70. The van der Waals surface area contributed by atoms with E-state index in [1.165, 1.54) is 11.1 Å². The van der Waals surface area contributed by atoms with E-state index >= 15 is 0 Å². The van der Waals surface area contributed by atoms with Gasteiger partial charge < -0.3 is 11.5 Å². The lowest BCUT2D eigenvalue weighted by Crippen LogP contribution is -2.08. The van der Waals surface area contributed by atoms with Crippen LogP contribution in [0.2, 0.25) is 0 Å². The van der Waals surface area contributed by atoms with Gasteiger partial charge in [0.1, 0.15) is 0 Å². The fraction of sp³-hybridized carbons (Fsp3) is 0.231. The minimum absolute atomic E-state index is 0.377. The average Bonchev–Trinajstić information content (AvgIpc) is 2.53. The predicted molar refractivity (Wildman–Crippen MR) is 64.1 cm³/mol. The monoisotopic (exact) mass is 200 g/mol. The second kappa shape index (κ2) is 3.81. The van der Waals surface area contributed by atoms with E-state index in [0.29, 0.717) is 5.92 Å². The van der Waals surface area contributed by atoms with Gasteiger partial charge in [-0.1, -0.05) is 30.7 Å². The highest BCUT2D eigenvalue weighted by molar-refractivity contribution is 5.42. The minimum atomic E-state index is 0.377. The van der Waals surface area contributed by atoms with Gasteiger partial charge in [-0.15, -0.1) is 0 Å². The molecule has 1 aliphatic rings. The van der Waals surface area contributed by atoms with E-state index in [0.717, 1.165) is 17.8 Å². The number of nitrogens with two attached hydrogens (primary N) is 2. The zero-order valence-corrected chi connectivity index (χ0v) is 8.90. The van der Waals surface area contributed by atoms with Crippen LogP contribution in [0, 0.1) is 5.92 Å². The molecule has 1 aromatic rings. The molecule has 1 aliphatic carbocycles. The molecular formula is C13H16N2. The molecule has 0 amide bonds. The minimum Gasteiger partial charge on any atom is -0.402 e. The summed E-state index contributed by atoms with van der Waals surface area (Å²) in [6, 6.07) is 8.01. The molecule has 2 nitrogen and oxygen atoms in total. The molecule has 0 heterocycles. The van der Waals surface area contributed by atoms with Gasteiger partial charge in [-0.25, -0.2) is 0 Å². The molecule has 0 bridgehead atoms. The van der Waals surface area contributed by atoms with Crippen molar-refractivity contribution < 1.29 is 0 Å². The Bertz CT molecular complexity index is 413. The summed E-state index contributed by atoms with van der Waals surface area (Å²) in [6.07, 6.45) is 5.08. The molecule has 0 saturated heterocycles. The summed E-state index contributed by atoms with van der Waals surface area (Å²) in [5, 5.41) is 0. The summed E-state index contributed by atoms with van der Waals surface area (Å²) in [4.78, 5) is 0. The van der Waals surface area contributed by atoms with Crippen molar-refractivity contribution in [2.45, 2.75) is 13.3 Å². The first-order chi connectivity index (χ1) is 7.16. The fourth-order valence-electron chi connectivity index (χ4n) is 1.79. The van der Waals surface area contributed by atoms with E-state index < -0.39 is 0 Å². The Balaban J connectivity index is 2.08. The van der Waals surface area contributed by atoms with Gasteiger partial charge in [0.05, 0.1) is 0 Å². The normalized spacial score (nSPS) is 19.9. The Morgan fingerprint density at radius 2 is 1.73 bits per heavy atom. The maximum atomic E-state index is 5.84. The summed E-state index contributed by atoms with van der Waals surface area (Å²) in [6.45, 7) is 2.14. The third kappa shape index (κ3) is 2.04. The second-order valence-electron chi connectivity index (χ2n) is 4.05. The van der Waals surface area contributed by atoms with Crippen molar-refractivity contribution in [2.75, 3.05) is 5.73 Å². The quantitative estimate of drug-likeness (QED) is 0.719. The third-order valence-corrected chi connectivity index (χ3v) is 2.93. The van der Waals surface area contributed by atoms with Gasteiger partial charge in [-0.2, -0.15) is 0 Å². The lowest BCUT2D eigenvalue weighted by Gasteiger charge is -2.11. The summed E-state index contributed by atoms with van der Waals surface area (Å²) >= 11 is 0. The molecule has 1 atom stereocenters. The van der Waals surface area contributed by atoms with Gasteiger partial charge in [-0.05, 0) is 30.2 Å². The Kier molecular flexibility index (Phi) is 2.50. The fourth-order valence-corrected chi connectivity index (χ4v) is 1.79. The van der Waals surface area contributed by atoms with Crippen LogP contribution >= 0.6 is 0 Å². The number of hydrogen-bond donors (Lipinski definition) is 2. The topological polar surface area (TPSA) is 52.0 Å². The van der Waals surface area contributed by atoms with Gasteiger partial charge >= 0.3 is 0 Å². The molecule has 0 spiro atoms. The van der Waals surface area contributed by atoms with E-state index in [-0.39, 0.29) is 0 Å². The molecule has 2 rings (SSSR count). The van der Waals surface area contributed by atoms with Crippen LogP contribution in [0.15, 0.2) is 47.7 Å². The number of anilines is 1. The van der Waals surface area contributed by atoms with Gasteiger partial charge in [0.15, 0.2) is 0 Å².